The highest BCUT2D eigenvalue weighted by molar-refractivity contribution is 5.42. The van der Waals surface area contributed by atoms with E-state index in [2.05, 4.69) is 5.10 Å². The van der Waals surface area contributed by atoms with Crippen molar-refractivity contribution in [2.24, 2.45) is 0 Å². The van der Waals surface area contributed by atoms with E-state index < -0.39 is 16.2 Å². The lowest BCUT2D eigenvalue weighted by molar-refractivity contribution is -0.385. The van der Waals surface area contributed by atoms with Gasteiger partial charge in [-0.3, -0.25) is 14.9 Å². The van der Waals surface area contributed by atoms with Crippen molar-refractivity contribution < 1.29 is 13.8 Å². The summed E-state index contributed by atoms with van der Waals surface area (Å²) >= 11 is 0. The lowest BCUT2D eigenvalue weighted by Gasteiger charge is -2.03. The minimum absolute atomic E-state index is 0.0180. The molecule has 0 N–H and O–H groups in total. The molecule has 0 spiro atoms. The van der Waals surface area contributed by atoms with Crippen LogP contribution in [0.2, 0.25) is 0 Å². The monoisotopic (exact) mass is 318 g/mol. The molecule has 0 aromatic carbocycles. The third-order valence-electron chi connectivity index (χ3n) is 3.07. The molecule has 3 rings (SSSR count). The van der Waals surface area contributed by atoms with Gasteiger partial charge in [0.15, 0.2) is 5.76 Å². The van der Waals surface area contributed by atoms with Crippen LogP contribution in [0, 0.1) is 10.1 Å². The number of furan rings is 1. The van der Waals surface area contributed by atoms with E-state index in [0.717, 1.165) is 27.6 Å². The zero-order chi connectivity index (χ0) is 16.4. The molecular formula is C13H10N4O6. The van der Waals surface area contributed by atoms with Crippen molar-refractivity contribution in [3.05, 3.63) is 67.7 Å². The van der Waals surface area contributed by atoms with E-state index in [4.69, 9.17) is 8.83 Å². The van der Waals surface area contributed by atoms with Gasteiger partial charge in [-0.15, -0.1) is 5.10 Å². The van der Waals surface area contributed by atoms with Crippen LogP contribution in [0.25, 0.3) is 11.7 Å². The van der Waals surface area contributed by atoms with E-state index in [9.17, 15) is 19.7 Å². The summed E-state index contributed by atoms with van der Waals surface area (Å²) in [6.45, 7) is 0.0503. The molecule has 0 fully saturated rings. The van der Waals surface area contributed by atoms with Crippen molar-refractivity contribution in [2.45, 2.75) is 13.1 Å². The van der Waals surface area contributed by atoms with Gasteiger partial charge in [-0.25, -0.2) is 4.79 Å². The van der Waals surface area contributed by atoms with Gasteiger partial charge in [0.05, 0.1) is 23.9 Å². The van der Waals surface area contributed by atoms with Crippen LogP contribution in [-0.2, 0) is 13.1 Å². The smallest absolute Gasteiger partial charge is 0.437 e. The predicted octanol–water partition coefficient (Wildman–Crippen LogP) is 0.866. The lowest BCUT2D eigenvalue weighted by Crippen LogP contribution is -2.25. The summed E-state index contributed by atoms with van der Waals surface area (Å²) < 4.78 is 12.2. The second-order valence-electron chi connectivity index (χ2n) is 4.55. The van der Waals surface area contributed by atoms with Gasteiger partial charge >= 0.3 is 5.76 Å². The summed E-state index contributed by atoms with van der Waals surface area (Å²) in [6.07, 6.45) is 2.53. The molecule has 3 aromatic heterocycles. The quantitative estimate of drug-likeness (QED) is 0.504. The molecule has 23 heavy (non-hydrogen) atoms. The third-order valence-corrected chi connectivity index (χ3v) is 3.07. The maximum Gasteiger partial charge on any atom is 0.437 e. The van der Waals surface area contributed by atoms with E-state index in [1.165, 1.54) is 6.26 Å². The summed E-state index contributed by atoms with van der Waals surface area (Å²) in [5.74, 6) is -0.394. The summed E-state index contributed by atoms with van der Waals surface area (Å²) in [7, 11) is 0. The van der Waals surface area contributed by atoms with Crippen LogP contribution in [0.5, 0.6) is 0 Å². The van der Waals surface area contributed by atoms with E-state index >= 15 is 0 Å². The van der Waals surface area contributed by atoms with E-state index in [1.807, 2.05) is 0 Å². The lowest BCUT2D eigenvalue weighted by atomic mass is 10.4. The van der Waals surface area contributed by atoms with Gasteiger partial charge in [-0.05, 0) is 12.1 Å². The molecule has 0 unspecified atom stereocenters. The molecule has 0 bridgehead atoms. The molecule has 0 radical (unpaired) electrons. The molecular weight excluding hydrogens is 308 g/mol. The van der Waals surface area contributed by atoms with Crippen LogP contribution in [0.4, 0.5) is 5.69 Å². The van der Waals surface area contributed by atoms with Crippen molar-refractivity contribution >= 4 is 5.69 Å². The molecule has 0 aliphatic rings. The number of aromatic nitrogens is 3. The molecule has 0 atom stereocenters. The number of hydrogen-bond acceptors (Lipinski definition) is 7. The molecule has 3 aromatic rings. The number of nitrogens with zero attached hydrogens (tertiary/aromatic N) is 4. The van der Waals surface area contributed by atoms with E-state index in [0.29, 0.717) is 5.76 Å². The highest BCUT2D eigenvalue weighted by atomic mass is 16.6. The van der Waals surface area contributed by atoms with Crippen LogP contribution in [0.15, 0.2) is 55.1 Å². The topological polar surface area (TPSA) is 126 Å². The van der Waals surface area contributed by atoms with Gasteiger partial charge in [0.2, 0.25) is 0 Å². The van der Waals surface area contributed by atoms with Crippen LogP contribution in [0.1, 0.15) is 0 Å². The Labute approximate surface area is 127 Å². The first-order valence-electron chi connectivity index (χ1n) is 6.51. The largest absolute Gasteiger partial charge is 0.459 e. The van der Waals surface area contributed by atoms with Crippen LogP contribution < -0.4 is 11.3 Å². The fourth-order valence-corrected chi connectivity index (χ4v) is 1.95. The highest BCUT2D eigenvalue weighted by Crippen LogP contribution is 2.15. The van der Waals surface area contributed by atoms with Crippen LogP contribution >= 0.6 is 0 Å². The summed E-state index contributed by atoms with van der Waals surface area (Å²) in [5.41, 5.74) is -0.633. The standard InChI is InChI=1S/C13H10N4O6/c18-11-4-3-9(17(20)21)8-15(11)5-6-16-13(19)23-12(14-16)10-2-1-7-22-10/h1-4,7-8H,5-6H2. The Morgan fingerprint density at radius 2 is 2.04 bits per heavy atom. The van der Waals surface area contributed by atoms with Gasteiger partial charge in [-0.1, -0.05) is 0 Å². The predicted molar refractivity (Wildman–Crippen MR) is 75.8 cm³/mol. The Morgan fingerprint density at radius 1 is 1.22 bits per heavy atom. The van der Waals surface area contributed by atoms with Gasteiger partial charge in [0.1, 0.15) is 0 Å². The number of hydrogen-bond donors (Lipinski definition) is 0. The average Bonchev–Trinajstić information content (AvgIpc) is 3.16. The maximum absolute atomic E-state index is 11.7. The Kier molecular flexibility index (Phi) is 3.63. The Bertz CT molecular complexity index is 950. The maximum atomic E-state index is 11.7. The average molecular weight is 318 g/mol. The van der Waals surface area contributed by atoms with Crippen molar-refractivity contribution in [1.82, 2.24) is 14.3 Å². The Balaban J connectivity index is 1.82. The first-order chi connectivity index (χ1) is 11.0. The fraction of sp³-hybridized carbons (Fsp3) is 0.154. The second kappa shape index (κ2) is 5.75. The number of nitro groups is 1. The summed E-state index contributed by atoms with van der Waals surface area (Å²) in [6, 6.07) is 5.42. The molecule has 0 aliphatic carbocycles. The first-order valence-corrected chi connectivity index (χ1v) is 6.51. The SMILES string of the molecule is O=c1ccc([N+](=O)[O-])cn1CCn1nc(-c2ccco2)oc1=O. The molecule has 10 heteroatoms. The minimum atomic E-state index is -0.713. The van der Waals surface area contributed by atoms with Gasteiger partial charge in [0, 0.05) is 18.7 Å². The molecule has 118 valence electrons. The van der Waals surface area contributed by atoms with Crippen molar-refractivity contribution in [3.63, 3.8) is 0 Å². The second-order valence-corrected chi connectivity index (χ2v) is 4.55. The van der Waals surface area contributed by atoms with Crippen LogP contribution in [-0.4, -0.2) is 19.3 Å². The van der Waals surface area contributed by atoms with E-state index in [-0.39, 0.29) is 24.7 Å². The molecule has 0 aliphatic heterocycles. The molecule has 0 saturated heterocycles. The highest BCUT2D eigenvalue weighted by Gasteiger charge is 2.13. The molecule has 10 nitrogen and oxygen atoms in total. The summed E-state index contributed by atoms with van der Waals surface area (Å²) in [4.78, 5) is 33.5. The number of aryl methyl sites for hydroxylation is 2. The van der Waals surface area contributed by atoms with Gasteiger partial charge < -0.3 is 13.4 Å². The zero-order valence-corrected chi connectivity index (χ0v) is 11.6. The van der Waals surface area contributed by atoms with Crippen LogP contribution in [0.3, 0.4) is 0 Å². The molecule has 3 heterocycles. The Hall–Kier alpha value is -3.43. The van der Waals surface area contributed by atoms with Gasteiger partial charge in [-0.2, -0.15) is 4.68 Å². The van der Waals surface area contributed by atoms with E-state index in [1.54, 1.807) is 12.1 Å². The number of rotatable bonds is 5. The molecule has 0 saturated carbocycles. The van der Waals surface area contributed by atoms with Crippen molar-refractivity contribution in [2.75, 3.05) is 0 Å². The summed E-state index contributed by atoms with van der Waals surface area (Å²) in [5, 5.41) is 14.7. The minimum Gasteiger partial charge on any atom is -0.459 e. The molecule has 0 amide bonds. The fourth-order valence-electron chi connectivity index (χ4n) is 1.95. The third kappa shape index (κ3) is 2.95. The van der Waals surface area contributed by atoms with Gasteiger partial charge in [0.25, 0.3) is 17.1 Å². The normalized spacial score (nSPS) is 10.8. The van der Waals surface area contributed by atoms with Crippen molar-refractivity contribution in [3.8, 4) is 11.7 Å². The Morgan fingerprint density at radius 3 is 2.74 bits per heavy atom. The zero-order valence-electron chi connectivity index (χ0n) is 11.6. The van der Waals surface area contributed by atoms with Crippen molar-refractivity contribution in [1.29, 1.82) is 0 Å². The number of pyridine rings is 1. The first kappa shape index (κ1) is 14.5.